The summed E-state index contributed by atoms with van der Waals surface area (Å²) in [5, 5.41) is 3.62. The smallest absolute Gasteiger partial charge is 0.225 e. The number of nitrogens with zero attached hydrogens (tertiary/aromatic N) is 2. The van der Waals surface area contributed by atoms with E-state index in [2.05, 4.69) is 42.0 Å². The van der Waals surface area contributed by atoms with E-state index in [9.17, 15) is 4.79 Å². The van der Waals surface area contributed by atoms with Gasteiger partial charge in [-0.1, -0.05) is 20.8 Å². The SMILES string of the molecule is CC(C)(C)c1cc(NC2CCN(C(=O)C3CC3)CC2)ccn1. The van der Waals surface area contributed by atoms with Crippen LogP contribution in [0.15, 0.2) is 18.3 Å². The molecule has 1 aromatic heterocycles. The van der Waals surface area contributed by atoms with Gasteiger partial charge in [-0.05, 0) is 37.8 Å². The molecule has 0 aromatic carbocycles. The summed E-state index contributed by atoms with van der Waals surface area (Å²) in [5.74, 6) is 0.733. The first kappa shape index (κ1) is 15.3. The average Bonchev–Trinajstić information content (AvgIpc) is 3.31. The number of rotatable bonds is 3. The molecule has 1 amide bonds. The Morgan fingerprint density at radius 1 is 1.23 bits per heavy atom. The summed E-state index contributed by atoms with van der Waals surface area (Å²) in [4.78, 5) is 18.6. The van der Waals surface area contributed by atoms with Crippen LogP contribution in [0, 0.1) is 5.92 Å². The fourth-order valence-corrected chi connectivity index (χ4v) is 3.00. The number of hydrogen-bond donors (Lipinski definition) is 1. The van der Waals surface area contributed by atoms with Crippen molar-refractivity contribution in [1.29, 1.82) is 0 Å². The van der Waals surface area contributed by atoms with Crippen molar-refractivity contribution in [3.8, 4) is 0 Å². The number of aromatic nitrogens is 1. The van der Waals surface area contributed by atoms with Gasteiger partial charge in [-0.25, -0.2) is 0 Å². The zero-order valence-corrected chi connectivity index (χ0v) is 13.9. The van der Waals surface area contributed by atoms with Gasteiger partial charge in [0.1, 0.15) is 0 Å². The van der Waals surface area contributed by atoms with Gasteiger partial charge in [0.25, 0.3) is 0 Å². The van der Waals surface area contributed by atoms with Gasteiger partial charge in [0.05, 0.1) is 0 Å². The van der Waals surface area contributed by atoms with E-state index in [1.54, 1.807) is 0 Å². The standard InChI is InChI=1S/C18H27N3O/c1-18(2,3)16-12-15(6-9-19-16)20-14-7-10-21(11-8-14)17(22)13-4-5-13/h6,9,12-14H,4-5,7-8,10-11H2,1-3H3,(H,19,20). The second-order valence-corrected chi connectivity index (χ2v) is 7.70. The lowest BCUT2D eigenvalue weighted by atomic mass is 9.91. The van der Waals surface area contributed by atoms with Crippen LogP contribution < -0.4 is 5.32 Å². The fraction of sp³-hybridized carbons (Fsp3) is 0.667. The highest BCUT2D eigenvalue weighted by Gasteiger charge is 2.34. The van der Waals surface area contributed by atoms with Crippen molar-refractivity contribution in [2.24, 2.45) is 5.92 Å². The molecule has 1 saturated carbocycles. The zero-order valence-electron chi connectivity index (χ0n) is 13.9. The minimum atomic E-state index is 0.0672. The largest absolute Gasteiger partial charge is 0.382 e. The first-order chi connectivity index (χ1) is 10.4. The highest BCUT2D eigenvalue weighted by atomic mass is 16.2. The van der Waals surface area contributed by atoms with Crippen molar-refractivity contribution < 1.29 is 4.79 Å². The fourth-order valence-electron chi connectivity index (χ4n) is 3.00. The topological polar surface area (TPSA) is 45.2 Å². The number of anilines is 1. The van der Waals surface area contributed by atoms with E-state index in [4.69, 9.17) is 0 Å². The normalized spacial score (nSPS) is 20.0. The monoisotopic (exact) mass is 301 g/mol. The van der Waals surface area contributed by atoms with Crippen LogP contribution in [-0.4, -0.2) is 34.9 Å². The minimum absolute atomic E-state index is 0.0672. The number of carbonyl (C=O) groups excluding carboxylic acids is 1. The molecular formula is C18H27N3O. The van der Waals surface area contributed by atoms with Crippen LogP contribution in [0.25, 0.3) is 0 Å². The van der Waals surface area contributed by atoms with E-state index in [0.717, 1.165) is 50.2 Å². The molecule has 0 unspecified atom stereocenters. The maximum Gasteiger partial charge on any atom is 0.225 e. The molecule has 3 rings (SSSR count). The second-order valence-electron chi connectivity index (χ2n) is 7.70. The number of hydrogen-bond acceptors (Lipinski definition) is 3. The van der Waals surface area contributed by atoms with Crippen molar-refractivity contribution in [1.82, 2.24) is 9.88 Å². The van der Waals surface area contributed by atoms with Gasteiger partial charge in [0.2, 0.25) is 5.91 Å². The van der Waals surface area contributed by atoms with E-state index in [1.165, 1.54) is 0 Å². The van der Waals surface area contributed by atoms with Crippen LogP contribution in [-0.2, 0) is 10.2 Å². The van der Waals surface area contributed by atoms with Crippen LogP contribution in [0.1, 0.15) is 52.1 Å². The first-order valence-electron chi connectivity index (χ1n) is 8.45. The summed E-state index contributed by atoms with van der Waals surface area (Å²) in [6.07, 6.45) is 6.15. The Hall–Kier alpha value is -1.58. The lowest BCUT2D eigenvalue weighted by molar-refractivity contribution is -0.133. The molecule has 120 valence electrons. The number of likely N-dealkylation sites (tertiary alicyclic amines) is 1. The summed E-state index contributed by atoms with van der Waals surface area (Å²) >= 11 is 0. The molecule has 1 saturated heterocycles. The summed E-state index contributed by atoms with van der Waals surface area (Å²) in [6.45, 7) is 8.33. The van der Waals surface area contributed by atoms with Crippen LogP contribution in [0.5, 0.6) is 0 Å². The molecule has 2 fully saturated rings. The highest BCUT2D eigenvalue weighted by Crippen LogP contribution is 2.32. The molecule has 1 N–H and O–H groups in total. The van der Waals surface area contributed by atoms with Crippen LogP contribution in [0.3, 0.4) is 0 Å². The molecule has 0 bridgehead atoms. The van der Waals surface area contributed by atoms with E-state index >= 15 is 0 Å². The van der Waals surface area contributed by atoms with Crippen molar-refractivity contribution in [2.45, 2.75) is 57.9 Å². The molecule has 0 atom stereocenters. The minimum Gasteiger partial charge on any atom is -0.382 e. The maximum atomic E-state index is 12.1. The molecule has 1 aromatic rings. The van der Waals surface area contributed by atoms with Gasteiger partial charge < -0.3 is 10.2 Å². The molecule has 2 heterocycles. The Morgan fingerprint density at radius 2 is 1.91 bits per heavy atom. The molecule has 1 aliphatic heterocycles. The van der Waals surface area contributed by atoms with Gasteiger partial charge in [-0.15, -0.1) is 0 Å². The molecule has 22 heavy (non-hydrogen) atoms. The van der Waals surface area contributed by atoms with Crippen molar-refractivity contribution in [3.05, 3.63) is 24.0 Å². The van der Waals surface area contributed by atoms with Gasteiger partial charge in [-0.2, -0.15) is 0 Å². The predicted octanol–water partition coefficient (Wildman–Crippen LogP) is 3.19. The highest BCUT2D eigenvalue weighted by molar-refractivity contribution is 5.81. The third-order valence-corrected chi connectivity index (χ3v) is 4.63. The van der Waals surface area contributed by atoms with E-state index < -0.39 is 0 Å². The van der Waals surface area contributed by atoms with Gasteiger partial charge in [-0.3, -0.25) is 9.78 Å². The molecule has 4 nitrogen and oxygen atoms in total. The van der Waals surface area contributed by atoms with Gasteiger partial charge in [0.15, 0.2) is 0 Å². The predicted molar refractivity (Wildman–Crippen MR) is 88.9 cm³/mol. The summed E-state index contributed by atoms with van der Waals surface area (Å²) < 4.78 is 0. The summed E-state index contributed by atoms with van der Waals surface area (Å²) in [5.41, 5.74) is 2.32. The summed E-state index contributed by atoms with van der Waals surface area (Å²) in [7, 11) is 0. The van der Waals surface area contributed by atoms with E-state index in [0.29, 0.717) is 17.9 Å². The molecule has 0 radical (unpaired) electrons. The molecule has 1 aliphatic carbocycles. The maximum absolute atomic E-state index is 12.1. The third kappa shape index (κ3) is 3.60. The van der Waals surface area contributed by atoms with Crippen LogP contribution >= 0.6 is 0 Å². The number of pyridine rings is 1. The Morgan fingerprint density at radius 3 is 2.50 bits per heavy atom. The van der Waals surface area contributed by atoms with Gasteiger partial charge in [0, 0.05) is 48.0 Å². The first-order valence-corrected chi connectivity index (χ1v) is 8.45. The van der Waals surface area contributed by atoms with Crippen LogP contribution in [0.2, 0.25) is 0 Å². The quantitative estimate of drug-likeness (QED) is 0.932. The number of piperidine rings is 1. The third-order valence-electron chi connectivity index (χ3n) is 4.63. The lowest BCUT2D eigenvalue weighted by Crippen LogP contribution is -2.43. The van der Waals surface area contributed by atoms with Crippen molar-refractivity contribution in [2.75, 3.05) is 18.4 Å². The average molecular weight is 301 g/mol. The molecular weight excluding hydrogens is 274 g/mol. The molecule has 2 aliphatic rings. The number of carbonyl (C=O) groups is 1. The van der Waals surface area contributed by atoms with Crippen LogP contribution in [0.4, 0.5) is 5.69 Å². The second kappa shape index (κ2) is 5.90. The summed E-state index contributed by atoms with van der Waals surface area (Å²) in [6, 6.07) is 4.65. The Bertz CT molecular complexity index is 538. The Kier molecular flexibility index (Phi) is 4.11. The molecule has 4 heteroatoms. The van der Waals surface area contributed by atoms with E-state index in [1.807, 2.05) is 12.3 Å². The number of amides is 1. The van der Waals surface area contributed by atoms with Crippen molar-refractivity contribution in [3.63, 3.8) is 0 Å². The Balaban J connectivity index is 1.55. The number of nitrogens with one attached hydrogen (secondary N) is 1. The van der Waals surface area contributed by atoms with E-state index in [-0.39, 0.29) is 5.41 Å². The Labute approximate surface area is 133 Å². The zero-order chi connectivity index (χ0) is 15.7. The lowest BCUT2D eigenvalue weighted by Gasteiger charge is -2.33. The van der Waals surface area contributed by atoms with Gasteiger partial charge >= 0.3 is 0 Å². The molecule has 0 spiro atoms. The van der Waals surface area contributed by atoms with Crippen molar-refractivity contribution >= 4 is 11.6 Å².